The Bertz CT molecular complexity index is 392. The van der Waals surface area contributed by atoms with Crippen LogP contribution in [0.2, 0.25) is 0 Å². The summed E-state index contributed by atoms with van der Waals surface area (Å²) in [6.07, 6.45) is 4.44. The Morgan fingerprint density at radius 1 is 1.42 bits per heavy atom. The highest BCUT2D eigenvalue weighted by Crippen LogP contribution is 2.12. The van der Waals surface area contributed by atoms with Gasteiger partial charge in [-0.05, 0) is 12.8 Å². The van der Waals surface area contributed by atoms with E-state index in [1.807, 2.05) is 13.8 Å². The molecule has 0 aliphatic rings. The fourth-order valence-corrected chi connectivity index (χ4v) is 1.95. The number of aromatic nitrogens is 2. The molecule has 0 aliphatic carbocycles. The zero-order valence-electron chi connectivity index (χ0n) is 11.3. The van der Waals surface area contributed by atoms with Gasteiger partial charge in [0.05, 0.1) is 19.0 Å². The molecule has 7 heteroatoms. The number of nitrogens with one attached hydrogen (secondary N) is 1. The number of hydrogen-bond acceptors (Lipinski definition) is 6. The molecule has 0 unspecified atom stereocenters. The zero-order valence-corrected chi connectivity index (χ0v) is 11.3. The van der Waals surface area contributed by atoms with E-state index < -0.39 is 0 Å². The predicted molar refractivity (Wildman–Crippen MR) is 72.3 cm³/mol. The molecule has 106 valence electrons. The molecule has 1 aromatic heterocycles. The van der Waals surface area contributed by atoms with Crippen LogP contribution in [0, 0.1) is 0 Å². The van der Waals surface area contributed by atoms with Crippen LogP contribution in [0.3, 0.4) is 0 Å². The van der Waals surface area contributed by atoms with Gasteiger partial charge in [0, 0.05) is 12.6 Å². The molecule has 1 aromatic rings. The van der Waals surface area contributed by atoms with Crippen LogP contribution in [0.1, 0.15) is 37.2 Å². The van der Waals surface area contributed by atoms with Gasteiger partial charge in [-0.3, -0.25) is 4.79 Å². The number of aliphatic hydroxyl groups excluding tert-OH is 1. The van der Waals surface area contributed by atoms with E-state index in [0.29, 0.717) is 12.4 Å². The third kappa shape index (κ3) is 3.87. The molecule has 19 heavy (non-hydrogen) atoms. The number of anilines is 1. The molecular weight excluding hydrogens is 246 g/mol. The lowest BCUT2D eigenvalue weighted by Crippen LogP contribution is -2.42. The minimum absolute atomic E-state index is 0.0713. The number of hydrogen-bond donors (Lipinski definition) is 3. The maximum Gasteiger partial charge on any atom is 0.274 e. The van der Waals surface area contributed by atoms with Crippen molar-refractivity contribution in [1.82, 2.24) is 14.9 Å². The molecule has 4 N–H and O–H groups in total. The molecule has 7 nitrogen and oxygen atoms in total. The largest absolute Gasteiger partial charge is 0.395 e. The molecule has 0 aromatic carbocycles. The van der Waals surface area contributed by atoms with Crippen molar-refractivity contribution >= 4 is 11.7 Å². The molecular formula is C12H21N5O2. The SMILES string of the molecule is CCC(CC)N(CCO)C(=O)c1cnc(NN)cn1. The Kier molecular flexibility index (Phi) is 6.17. The van der Waals surface area contributed by atoms with Gasteiger partial charge in [-0.15, -0.1) is 0 Å². The van der Waals surface area contributed by atoms with Crippen LogP contribution in [0.4, 0.5) is 5.82 Å². The normalized spacial score (nSPS) is 10.6. The van der Waals surface area contributed by atoms with Gasteiger partial charge in [0.15, 0.2) is 5.82 Å². The average Bonchev–Trinajstić information content (AvgIpc) is 2.47. The van der Waals surface area contributed by atoms with E-state index in [2.05, 4.69) is 15.4 Å². The second kappa shape index (κ2) is 7.65. The van der Waals surface area contributed by atoms with Crippen LogP contribution < -0.4 is 11.3 Å². The summed E-state index contributed by atoms with van der Waals surface area (Å²) in [6.45, 7) is 4.25. The van der Waals surface area contributed by atoms with Crippen molar-refractivity contribution in [3.05, 3.63) is 18.1 Å². The topological polar surface area (TPSA) is 104 Å². The van der Waals surface area contributed by atoms with E-state index in [1.54, 1.807) is 4.90 Å². The van der Waals surface area contributed by atoms with Gasteiger partial charge in [-0.25, -0.2) is 15.8 Å². The lowest BCUT2D eigenvalue weighted by atomic mass is 10.1. The molecule has 0 bridgehead atoms. The van der Waals surface area contributed by atoms with Crippen molar-refractivity contribution in [3.63, 3.8) is 0 Å². The maximum atomic E-state index is 12.4. The molecule has 0 spiro atoms. The molecule has 0 atom stereocenters. The number of hydrazine groups is 1. The van der Waals surface area contributed by atoms with E-state index in [0.717, 1.165) is 12.8 Å². The van der Waals surface area contributed by atoms with Crippen LogP contribution in [0.15, 0.2) is 12.4 Å². The first kappa shape index (κ1) is 15.3. The molecule has 0 radical (unpaired) electrons. The van der Waals surface area contributed by atoms with Gasteiger partial charge in [0.25, 0.3) is 5.91 Å². The van der Waals surface area contributed by atoms with Crippen LogP contribution in [-0.4, -0.2) is 45.1 Å². The number of rotatable bonds is 7. The summed E-state index contributed by atoms with van der Waals surface area (Å²) >= 11 is 0. The summed E-state index contributed by atoms with van der Waals surface area (Å²) in [6, 6.07) is 0.0914. The first-order valence-corrected chi connectivity index (χ1v) is 6.38. The second-order valence-electron chi connectivity index (χ2n) is 4.12. The van der Waals surface area contributed by atoms with Crippen molar-refractivity contribution < 1.29 is 9.90 Å². The molecule has 1 rings (SSSR count). The minimum atomic E-state index is -0.223. The Balaban J connectivity index is 2.91. The van der Waals surface area contributed by atoms with Gasteiger partial charge in [0.1, 0.15) is 5.69 Å². The number of aliphatic hydroxyl groups is 1. The molecule has 0 saturated carbocycles. The van der Waals surface area contributed by atoms with Crippen LogP contribution in [0.25, 0.3) is 0 Å². The van der Waals surface area contributed by atoms with E-state index in [9.17, 15) is 4.79 Å². The fraction of sp³-hybridized carbons (Fsp3) is 0.583. The molecule has 1 heterocycles. The number of nitrogens with two attached hydrogens (primary N) is 1. The summed E-state index contributed by atoms with van der Waals surface area (Å²) in [5.74, 6) is 5.37. The molecule has 1 amide bonds. The monoisotopic (exact) mass is 267 g/mol. The van der Waals surface area contributed by atoms with Gasteiger partial charge in [-0.2, -0.15) is 0 Å². The molecule has 0 aliphatic heterocycles. The quantitative estimate of drug-likeness (QED) is 0.487. The average molecular weight is 267 g/mol. The Morgan fingerprint density at radius 2 is 2.11 bits per heavy atom. The lowest BCUT2D eigenvalue weighted by Gasteiger charge is -2.29. The van der Waals surface area contributed by atoms with Crippen LogP contribution in [-0.2, 0) is 0 Å². The third-order valence-electron chi connectivity index (χ3n) is 3.00. The summed E-state index contributed by atoms with van der Waals surface area (Å²) in [5, 5.41) is 9.10. The van der Waals surface area contributed by atoms with E-state index in [1.165, 1.54) is 12.4 Å². The number of carbonyl (C=O) groups is 1. The molecule has 0 saturated heterocycles. The van der Waals surface area contributed by atoms with E-state index in [-0.39, 0.29) is 24.2 Å². The third-order valence-corrected chi connectivity index (χ3v) is 3.00. The zero-order chi connectivity index (χ0) is 14.3. The fourth-order valence-electron chi connectivity index (χ4n) is 1.95. The van der Waals surface area contributed by atoms with Crippen molar-refractivity contribution in [2.75, 3.05) is 18.6 Å². The van der Waals surface area contributed by atoms with Crippen LogP contribution >= 0.6 is 0 Å². The highest BCUT2D eigenvalue weighted by molar-refractivity contribution is 5.92. The first-order chi connectivity index (χ1) is 9.17. The summed E-state index contributed by atoms with van der Waals surface area (Å²) < 4.78 is 0. The van der Waals surface area contributed by atoms with Crippen molar-refractivity contribution in [3.8, 4) is 0 Å². The lowest BCUT2D eigenvalue weighted by molar-refractivity contribution is 0.0616. The Labute approximate surface area is 112 Å². The van der Waals surface area contributed by atoms with E-state index >= 15 is 0 Å². The number of nitrogen functional groups attached to an aromatic ring is 1. The first-order valence-electron chi connectivity index (χ1n) is 6.38. The highest BCUT2D eigenvalue weighted by atomic mass is 16.3. The summed E-state index contributed by atoms with van der Waals surface area (Å²) in [4.78, 5) is 22.0. The number of carbonyl (C=O) groups excluding carboxylic acids is 1. The van der Waals surface area contributed by atoms with Gasteiger partial charge >= 0.3 is 0 Å². The van der Waals surface area contributed by atoms with Crippen LogP contribution in [0.5, 0.6) is 0 Å². The van der Waals surface area contributed by atoms with Crippen molar-refractivity contribution in [1.29, 1.82) is 0 Å². The number of amides is 1. The van der Waals surface area contributed by atoms with Gasteiger partial charge in [-0.1, -0.05) is 13.8 Å². The minimum Gasteiger partial charge on any atom is -0.395 e. The standard InChI is InChI=1S/C12H21N5O2/c1-3-9(4-2)17(5-6-18)12(19)10-7-15-11(16-13)8-14-10/h7-9,18H,3-6,13H2,1-2H3,(H,15,16). The molecule has 0 fully saturated rings. The Hall–Kier alpha value is -1.73. The number of nitrogens with zero attached hydrogens (tertiary/aromatic N) is 3. The summed E-state index contributed by atoms with van der Waals surface area (Å²) in [5.41, 5.74) is 2.60. The van der Waals surface area contributed by atoms with Crippen molar-refractivity contribution in [2.24, 2.45) is 5.84 Å². The van der Waals surface area contributed by atoms with Crippen molar-refractivity contribution in [2.45, 2.75) is 32.7 Å². The summed E-state index contributed by atoms with van der Waals surface area (Å²) in [7, 11) is 0. The van der Waals surface area contributed by atoms with Gasteiger partial charge in [0.2, 0.25) is 0 Å². The highest BCUT2D eigenvalue weighted by Gasteiger charge is 2.23. The Morgan fingerprint density at radius 3 is 2.53 bits per heavy atom. The predicted octanol–water partition coefficient (Wildman–Crippen LogP) is 0.385. The van der Waals surface area contributed by atoms with E-state index in [4.69, 9.17) is 10.9 Å². The maximum absolute atomic E-state index is 12.4. The smallest absolute Gasteiger partial charge is 0.274 e. The second-order valence-corrected chi connectivity index (χ2v) is 4.12. The van der Waals surface area contributed by atoms with Gasteiger partial charge < -0.3 is 15.4 Å².